The van der Waals surface area contributed by atoms with E-state index in [2.05, 4.69) is 0 Å². The number of rotatable bonds is 1. The molecule has 1 amide bonds. The van der Waals surface area contributed by atoms with Crippen LogP contribution in [0.3, 0.4) is 0 Å². The standard InChI is InChI=1S/C12H19NO4/c1-11(2,3)17-10(16)13-5-4-8-6-12(8,7-13)9(14)15/h8H,4-7H2,1-3H3,(H,14,15)/t8-,12+/m1/s1. The van der Waals surface area contributed by atoms with Crippen LogP contribution in [0.15, 0.2) is 0 Å². The third kappa shape index (κ3) is 2.23. The van der Waals surface area contributed by atoms with E-state index in [1.165, 1.54) is 4.90 Å². The van der Waals surface area contributed by atoms with Gasteiger partial charge in [-0.3, -0.25) is 4.79 Å². The molecule has 0 bridgehead atoms. The first-order valence-electron chi connectivity index (χ1n) is 5.96. The van der Waals surface area contributed by atoms with Crippen LogP contribution in [0.25, 0.3) is 0 Å². The van der Waals surface area contributed by atoms with E-state index in [1.54, 1.807) is 0 Å². The Morgan fingerprint density at radius 2 is 2.06 bits per heavy atom. The minimum Gasteiger partial charge on any atom is -0.481 e. The summed E-state index contributed by atoms with van der Waals surface area (Å²) >= 11 is 0. The maximum absolute atomic E-state index is 11.9. The van der Waals surface area contributed by atoms with Gasteiger partial charge in [0.05, 0.1) is 5.41 Å². The summed E-state index contributed by atoms with van der Waals surface area (Å²) in [5.41, 5.74) is -1.22. The molecule has 2 rings (SSSR count). The maximum Gasteiger partial charge on any atom is 0.410 e. The van der Waals surface area contributed by atoms with Crippen molar-refractivity contribution in [3.05, 3.63) is 0 Å². The minimum absolute atomic E-state index is 0.249. The molecule has 1 heterocycles. The second-order valence-corrected chi connectivity index (χ2v) is 6.05. The molecule has 1 aliphatic heterocycles. The van der Waals surface area contributed by atoms with Crippen LogP contribution in [-0.4, -0.2) is 40.8 Å². The first-order chi connectivity index (χ1) is 7.74. The lowest BCUT2D eigenvalue weighted by molar-refractivity contribution is -0.145. The molecule has 2 atom stereocenters. The highest BCUT2D eigenvalue weighted by molar-refractivity contribution is 5.80. The Bertz CT molecular complexity index is 360. The molecule has 0 aromatic heterocycles. The monoisotopic (exact) mass is 241 g/mol. The molecule has 1 saturated heterocycles. The largest absolute Gasteiger partial charge is 0.481 e. The molecule has 0 spiro atoms. The number of carbonyl (C=O) groups is 2. The molecule has 0 unspecified atom stereocenters. The fourth-order valence-corrected chi connectivity index (χ4v) is 2.50. The molecule has 1 N–H and O–H groups in total. The van der Waals surface area contributed by atoms with Gasteiger partial charge in [0, 0.05) is 13.1 Å². The van der Waals surface area contributed by atoms with Crippen molar-refractivity contribution in [2.45, 2.75) is 39.2 Å². The Balaban J connectivity index is 2.00. The zero-order valence-corrected chi connectivity index (χ0v) is 10.5. The summed E-state index contributed by atoms with van der Waals surface area (Å²) in [4.78, 5) is 24.6. The number of fused-ring (bicyclic) bond motifs is 1. The van der Waals surface area contributed by atoms with E-state index in [9.17, 15) is 14.7 Å². The fourth-order valence-electron chi connectivity index (χ4n) is 2.50. The molecule has 1 aliphatic carbocycles. The summed E-state index contributed by atoms with van der Waals surface area (Å²) in [6.07, 6.45) is 1.07. The maximum atomic E-state index is 11.9. The summed E-state index contributed by atoms with van der Waals surface area (Å²) in [5.74, 6) is -0.533. The van der Waals surface area contributed by atoms with E-state index in [4.69, 9.17) is 4.74 Å². The van der Waals surface area contributed by atoms with Crippen LogP contribution in [0.2, 0.25) is 0 Å². The van der Waals surface area contributed by atoms with Gasteiger partial charge in [-0.25, -0.2) is 4.79 Å². The molecule has 5 nitrogen and oxygen atoms in total. The number of likely N-dealkylation sites (tertiary alicyclic amines) is 1. The number of hydrogen-bond acceptors (Lipinski definition) is 3. The van der Waals surface area contributed by atoms with E-state index < -0.39 is 23.1 Å². The Labute approximate surface area is 101 Å². The minimum atomic E-state index is -0.782. The number of aliphatic carboxylic acids is 1. The third-order valence-electron chi connectivity index (χ3n) is 3.53. The molecule has 2 aliphatic rings. The van der Waals surface area contributed by atoms with Crippen molar-refractivity contribution in [3.63, 3.8) is 0 Å². The van der Waals surface area contributed by atoms with Crippen LogP contribution in [0.4, 0.5) is 4.79 Å². The van der Waals surface area contributed by atoms with Crippen LogP contribution in [-0.2, 0) is 9.53 Å². The smallest absolute Gasteiger partial charge is 0.410 e. The zero-order chi connectivity index (χ0) is 12.8. The Morgan fingerprint density at radius 3 is 2.59 bits per heavy atom. The van der Waals surface area contributed by atoms with Crippen LogP contribution in [0.1, 0.15) is 33.6 Å². The lowest BCUT2D eigenvalue weighted by Crippen LogP contribution is -2.45. The molecule has 1 saturated carbocycles. The van der Waals surface area contributed by atoms with Gasteiger partial charge in [-0.1, -0.05) is 0 Å². The summed E-state index contributed by atoms with van der Waals surface area (Å²) < 4.78 is 5.26. The normalized spacial score (nSPS) is 31.7. The third-order valence-corrected chi connectivity index (χ3v) is 3.53. The fraction of sp³-hybridized carbons (Fsp3) is 0.833. The van der Waals surface area contributed by atoms with Crippen molar-refractivity contribution in [3.8, 4) is 0 Å². The number of carbonyl (C=O) groups excluding carboxylic acids is 1. The van der Waals surface area contributed by atoms with Gasteiger partial charge in [-0.05, 0) is 39.5 Å². The highest BCUT2D eigenvalue weighted by atomic mass is 16.6. The second-order valence-electron chi connectivity index (χ2n) is 6.05. The van der Waals surface area contributed by atoms with Crippen molar-refractivity contribution in [2.24, 2.45) is 11.3 Å². The van der Waals surface area contributed by atoms with E-state index in [1.807, 2.05) is 20.8 Å². The lowest BCUT2D eigenvalue weighted by atomic mass is 9.98. The average Bonchev–Trinajstić information content (AvgIpc) is 2.88. The Kier molecular flexibility index (Phi) is 2.60. The van der Waals surface area contributed by atoms with Crippen molar-refractivity contribution in [2.75, 3.05) is 13.1 Å². The first kappa shape index (κ1) is 12.2. The molecule has 17 heavy (non-hydrogen) atoms. The molecule has 96 valence electrons. The number of nitrogens with zero attached hydrogens (tertiary/aromatic N) is 1. The number of carboxylic acid groups (broad SMARTS) is 1. The molecule has 0 aromatic carbocycles. The van der Waals surface area contributed by atoms with Gasteiger partial charge in [0.25, 0.3) is 0 Å². The van der Waals surface area contributed by atoms with Gasteiger partial charge < -0.3 is 14.7 Å². The molecule has 2 fully saturated rings. The highest BCUT2D eigenvalue weighted by Crippen LogP contribution is 2.57. The quantitative estimate of drug-likeness (QED) is 0.759. The van der Waals surface area contributed by atoms with Crippen molar-refractivity contribution in [1.82, 2.24) is 4.90 Å². The molecule has 5 heteroatoms. The van der Waals surface area contributed by atoms with Crippen LogP contribution in [0, 0.1) is 11.3 Å². The van der Waals surface area contributed by atoms with Crippen LogP contribution in [0.5, 0.6) is 0 Å². The number of hydrogen-bond donors (Lipinski definition) is 1. The van der Waals surface area contributed by atoms with E-state index in [0.717, 1.165) is 6.42 Å². The first-order valence-corrected chi connectivity index (χ1v) is 5.96. The predicted molar refractivity (Wildman–Crippen MR) is 60.6 cm³/mol. The van der Waals surface area contributed by atoms with Gasteiger partial charge in [-0.15, -0.1) is 0 Å². The van der Waals surface area contributed by atoms with Gasteiger partial charge >= 0.3 is 12.1 Å². The van der Waals surface area contributed by atoms with Crippen LogP contribution >= 0.6 is 0 Å². The van der Waals surface area contributed by atoms with Gasteiger partial charge in [0.2, 0.25) is 0 Å². The van der Waals surface area contributed by atoms with Gasteiger partial charge in [0.1, 0.15) is 5.60 Å². The van der Waals surface area contributed by atoms with E-state index in [-0.39, 0.29) is 5.92 Å². The SMILES string of the molecule is CC(C)(C)OC(=O)N1CC[C@@H]2C[C@]2(C(=O)O)C1. The summed E-state index contributed by atoms with van der Waals surface area (Å²) in [5, 5.41) is 9.19. The van der Waals surface area contributed by atoms with Crippen molar-refractivity contribution >= 4 is 12.1 Å². The predicted octanol–water partition coefficient (Wildman–Crippen LogP) is 1.72. The number of piperidine rings is 1. The van der Waals surface area contributed by atoms with Gasteiger partial charge in [0.15, 0.2) is 0 Å². The second kappa shape index (κ2) is 3.62. The summed E-state index contributed by atoms with van der Waals surface area (Å²) in [6.45, 7) is 6.32. The van der Waals surface area contributed by atoms with E-state index >= 15 is 0 Å². The van der Waals surface area contributed by atoms with Crippen LogP contribution < -0.4 is 0 Å². The van der Waals surface area contributed by atoms with Gasteiger partial charge in [-0.2, -0.15) is 0 Å². The lowest BCUT2D eigenvalue weighted by Gasteiger charge is -2.32. The average molecular weight is 241 g/mol. The summed E-state index contributed by atoms with van der Waals surface area (Å²) in [7, 11) is 0. The van der Waals surface area contributed by atoms with Crippen molar-refractivity contribution < 1.29 is 19.4 Å². The molecule has 0 aromatic rings. The van der Waals surface area contributed by atoms with Crippen molar-refractivity contribution in [1.29, 1.82) is 0 Å². The molecular weight excluding hydrogens is 222 g/mol. The highest BCUT2D eigenvalue weighted by Gasteiger charge is 2.63. The topological polar surface area (TPSA) is 66.8 Å². The molecular formula is C12H19NO4. The zero-order valence-electron chi connectivity index (χ0n) is 10.5. The number of carboxylic acids is 1. The number of ether oxygens (including phenoxy) is 1. The van der Waals surface area contributed by atoms with E-state index in [0.29, 0.717) is 19.5 Å². The Morgan fingerprint density at radius 1 is 1.41 bits per heavy atom. The summed E-state index contributed by atoms with van der Waals surface area (Å²) in [6, 6.07) is 0. The Hall–Kier alpha value is -1.26. The molecule has 0 radical (unpaired) electrons. The number of amides is 1.